The molecule has 0 atom stereocenters. The predicted molar refractivity (Wildman–Crippen MR) is 45.9 cm³/mol. The molecule has 3 N–H and O–H groups in total. The lowest BCUT2D eigenvalue weighted by molar-refractivity contribution is 0.145. The van der Waals surface area contributed by atoms with Gasteiger partial charge >= 0.3 is 0 Å². The first kappa shape index (κ1) is 10.2. The Labute approximate surface area is 67.8 Å². The van der Waals surface area contributed by atoms with Crippen molar-refractivity contribution < 1.29 is 4.74 Å². The summed E-state index contributed by atoms with van der Waals surface area (Å²) in [5.41, 5.74) is 0. The minimum Gasteiger partial charge on any atom is -0.382 e. The molecule has 11 heavy (non-hydrogen) atoms. The van der Waals surface area contributed by atoms with Crippen LogP contribution in [0.25, 0.3) is 0 Å². The molecule has 4 heteroatoms. The third-order valence-corrected chi connectivity index (χ3v) is 1.22. The standard InChI is InChI=1S/C7H17N3O/c1-3-11-6-4-5-10-7(8)9-2/h3-6H2,1-2H3,(H3,8,9,10). The Morgan fingerprint density at radius 1 is 1.55 bits per heavy atom. The quantitative estimate of drug-likeness (QED) is 0.304. The maximum Gasteiger partial charge on any atom is 0.188 e. The average molecular weight is 159 g/mol. The second-order valence-corrected chi connectivity index (χ2v) is 2.10. The molecule has 0 aliphatic rings. The second-order valence-electron chi connectivity index (χ2n) is 2.10. The van der Waals surface area contributed by atoms with Gasteiger partial charge in [-0.2, -0.15) is 0 Å². The Morgan fingerprint density at radius 2 is 2.27 bits per heavy atom. The van der Waals surface area contributed by atoms with Crippen molar-refractivity contribution in [1.29, 1.82) is 5.41 Å². The topological polar surface area (TPSA) is 57.1 Å². The molecule has 0 saturated heterocycles. The molecule has 0 spiro atoms. The van der Waals surface area contributed by atoms with E-state index in [9.17, 15) is 0 Å². The van der Waals surface area contributed by atoms with Crippen molar-refractivity contribution in [3.63, 3.8) is 0 Å². The van der Waals surface area contributed by atoms with Crippen LogP contribution in [-0.4, -0.2) is 32.8 Å². The highest BCUT2D eigenvalue weighted by Crippen LogP contribution is 1.78. The van der Waals surface area contributed by atoms with Crippen LogP contribution in [0.1, 0.15) is 13.3 Å². The molecule has 0 saturated carbocycles. The summed E-state index contributed by atoms with van der Waals surface area (Å²) in [6.07, 6.45) is 0.942. The minimum atomic E-state index is 0.362. The van der Waals surface area contributed by atoms with Crippen molar-refractivity contribution in [2.24, 2.45) is 0 Å². The van der Waals surface area contributed by atoms with Gasteiger partial charge in [-0.3, -0.25) is 5.41 Å². The zero-order valence-electron chi connectivity index (χ0n) is 7.24. The molecule has 0 heterocycles. The van der Waals surface area contributed by atoms with Crippen LogP contribution in [0.5, 0.6) is 0 Å². The van der Waals surface area contributed by atoms with Crippen molar-refractivity contribution in [2.45, 2.75) is 13.3 Å². The summed E-state index contributed by atoms with van der Waals surface area (Å²) in [5, 5.41) is 12.7. The molecule has 0 radical (unpaired) electrons. The van der Waals surface area contributed by atoms with Crippen LogP contribution < -0.4 is 10.6 Å². The van der Waals surface area contributed by atoms with Crippen LogP contribution in [0.2, 0.25) is 0 Å². The molecule has 0 aromatic rings. The first-order valence-corrected chi connectivity index (χ1v) is 3.89. The largest absolute Gasteiger partial charge is 0.382 e. The lowest BCUT2D eigenvalue weighted by Gasteiger charge is -2.05. The Kier molecular flexibility index (Phi) is 6.82. The fourth-order valence-electron chi connectivity index (χ4n) is 0.620. The van der Waals surface area contributed by atoms with Crippen LogP contribution >= 0.6 is 0 Å². The molecule has 0 aliphatic heterocycles. The molecule has 0 fully saturated rings. The van der Waals surface area contributed by atoms with E-state index in [1.54, 1.807) is 7.05 Å². The summed E-state index contributed by atoms with van der Waals surface area (Å²) >= 11 is 0. The van der Waals surface area contributed by atoms with Crippen LogP contribution in [0.3, 0.4) is 0 Å². The molecule has 0 aromatic carbocycles. The fraction of sp³-hybridized carbons (Fsp3) is 0.857. The average Bonchev–Trinajstić information content (AvgIpc) is 2.04. The molecule has 66 valence electrons. The summed E-state index contributed by atoms with van der Waals surface area (Å²) in [4.78, 5) is 0. The maximum atomic E-state index is 7.15. The van der Waals surface area contributed by atoms with E-state index in [2.05, 4.69) is 10.6 Å². The number of guanidine groups is 1. The molecule has 0 rings (SSSR count). The Balaban J connectivity index is 2.95. The second kappa shape index (κ2) is 7.34. The van der Waals surface area contributed by atoms with Gasteiger partial charge in [0.2, 0.25) is 0 Å². The van der Waals surface area contributed by atoms with Gasteiger partial charge in [0.25, 0.3) is 0 Å². The van der Waals surface area contributed by atoms with Gasteiger partial charge in [-0.15, -0.1) is 0 Å². The van der Waals surface area contributed by atoms with E-state index in [0.717, 1.165) is 26.2 Å². The Morgan fingerprint density at radius 3 is 2.82 bits per heavy atom. The van der Waals surface area contributed by atoms with Gasteiger partial charge in [-0.25, -0.2) is 0 Å². The summed E-state index contributed by atoms with van der Waals surface area (Å²) in [7, 11) is 1.72. The number of ether oxygens (including phenoxy) is 1. The monoisotopic (exact) mass is 159 g/mol. The van der Waals surface area contributed by atoms with Crippen molar-refractivity contribution in [1.82, 2.24) is 10.6 Å². The van der Waals surface area contributed by atoms with E-state index in [1.165, 1.54) is 0 Å². The number of rotatable bonds is 5. The van der Waals surface area contributed by atoms with Crippen molar-refractivity contribution in [3.8, 4) is 0 Å². The van der Waals surface area contributed by atoms with Crippen molar-refractivity contribution in [2.75, 3.05) is 26.8 Å². The van der Waals surface area contributed by atoms with Gasteiger partial charge in [0, 0.05) is 26.8 Å². The van der Waals surface area contributed by atoms with Crippen molar-refractivity contribution >= 4 is 5.96 Å². The highest BCUT2D eigenvalue weighted by atomic mass is 16.5. The molecule has 4 nitrogen and oxygen atoms in total. The van der Waals surface area contributed by atoms with E-state index in [-0.39, 0.29) is 0 Å². The summed E-state index contributed by atoms with van der Waals surface area (Å²) < 4.78 is 5.12. The van der Waals surface area contributed by atoms with Gasteiger partial charge in [0.15, 0.2) is 5.96 Å². The van der Waals surface area contributed by atoms with Gasteiger partial charge in [-0.05, 0) is 13.3 Å². The van der Waals surface area contributed by atoms with Crippen molar-refractivity contribution in [3.05, 3.63) is 0 Å². The van der Waals surface area contributed by atoms with E-state index < -0.39 is 0 Å². The minimum absolute atomic E-state index is 0.362. The number of hydrogen-bond acceptors (Lipinski definition) is 2. The maximum absolute atomic E-state index is 7.15. The Bertz CT molecular complexity index is 106. The summed E-state index contributed by atoms with van der Waals surface area (Å²) in [6, 6.07) is 0. The van der Waals surface area contributed by atoms with E-state index >= 15 is 0 Å². The first-order valence-electron chi connectivity index (χ1n) is 3.89. The smallest absolute Gasteiger partial charge is 0.188 e. The van der Waals surface area contributed by atoms with Crippen LogP contribution in [-0.2, 0) is 4.74 Å². The zero-order valence-corrected chi connectivity index (χ0v) is 7.24. The molecule has 0 aromatic heterocycles. The summed E-state index contributed by atoms with van der Waals surface area (Å²) in [6.45, 7) is 4.30. The summed E-state index contributed by atoms with van der Waals surface area (Å²) in [5.74, 6) is 0.362. The fourth-order valence-corrected chi connectivity index (χ4v) is 0.620. The zero-order chi connectivity index (χ0) is 8.53. The molecular weight excluding hydrogens is 142 g/mol. The predicted octanol–water partition coefficient (Wildman–Crippen LogP) is 0.157. The molecule has 0 bridgehead atoms. The van der Waals surface area contributed by atoms with Crippen LogP contribution in [0, 0.1) is 5.41 Å². The van der Waals surface area contributed by atoms with Gasteiger partial charge in [0.05, 0.1) is 0 Å². The van der Waals surface area contributed by atoms with E-state index in [0.29, 0.717) is 5.96 Å². The third kappa shape index (κ3) is 7.12. The molecular formula is C7H17N3O. The van der Waals surface area contributed by atoms with Crippen LogP contribution in [0.15, 0.2) is 0 Å². The van der Waals surface area contributed by atoms with Gasteiger partial charge < -0.3 is 15.4 Å². The lowest BCUT2D eigenvalue weighted by Crippen LogP contribution is -2.34. The number of nitrogens with one attached hydrogen (secondary N) is 3. The van der Waals surface area contributed by atoms with Gasteiger partial charge in [-0.1, -0.05) is 0 Å². The van der Waals surface area contributed by atoms with Gasteiger partial charge in [0.1, 0.15) is 0 Å². The first-order chi connectivity index (χ1) is 5.31. The highest BCUT2D eigenvalue weighted by Gasteiger charge is 1.89. The molecule has 0 aliphatic carbocycles. The third-order valence-electron chi connectivity index (χ3n) is 1.22. The SMILES string of the molecule is CCOCCCNC(=N)NC. The van der Waals surface area contributed by atoms with E-state index in [4.69, 9.17) is 10.1 Å². The number of hydrogen-bond donors (Lipinski definition) is 3. The van der Waals surface area contributed by atoms with E-state index in [1.807, 2.05) is 6.92 Å². The van der Waals surface area contributed by atoms with Crippen LogP contribution in [0.4, 0.5) is 0 Å². The molecule has 0 unspecified atom stereocenters. The lowest BCUT2D eigenvalue weighted by atomic mass is 10.4. The molecule has 0 amide bonds. The normalized spacial score (nSPS) is 9.27. The highest BCUT2D eigenvalue weighted by molar-refractivity contribution is 5.75. The Hall–Kier alpha value is -0.770.